The van der Waals surface area contributed by atoms with Gasteiger partial charge >= 0.3 is 0 Å². The number of aromatic nitrogens is 1. The number of piperidine rings is 1. The minimum absolute atomic E-state index is 0.149. The molecule has 150 valence electrons. The van der Waals surface area contributed by atoms with Gasteiger partial charge in [0.25, 0.3) is 5.56 Å². The van der Waals surface area contributed by atoms with Crippen LogP contribution < -0.4 is 10.9 Å². The fraction of sp³-hybridized carbons (Fsp3) is 0.500. The van der Waals surface area contributed by atoms with Gasteiger partial charge in [0.05, 0.1) is 0 Å². The summed E-state index contributed by atoms with van der Waals surface area (Å²) >= 11 is 5.99. The number of benzene rings is 1. The first-order valence-electron chi connectivity index (χ1n) is 10.1. The van der Waals surface area contributed by atoms with Gasteiger partial charge in [0.2, 0.25) is 0 Å². The first kappa shape index (κ1) is 19.6. The van der Waals surface area contributed by atoms with E-state index in [0.717, 1.165) is 48.9 Å². The molecule has 0 amide bonds. The third-order valence-electron chi connectivity index (χ3n) is 5.93. The van der Waals surface area contributed by atoms with Crippen LogP contribution in [0.3, 0.4) is 0 Å². The summed E-state index contributed by atoms with van der Waals surface area (Å²) in [5.74, 6) is 1.01. The number of pyridine rings is 1. The number of aliphatic hydroxyl groups is 1. The van der Waals surface area contributed by atoms with Crippen molar-refractivity contribution in [2.24, 2.45) is 5.92 Å². The number of aliphatic hydroxyl groups excluding tert-OH is 1. The molecule has 0 saturated carbocycles. The summed E-state index contributed by atoms with van der Waals surface area (Å²) in [6.07, 6.45) is 1.88. The van der Waals surface area contributed by atoms with Gasteiger partial charge in [0.15, 0.2) is 0 Å². The topological polar surface area (TPSA) is 57.5 Å². The van der Waals surface area contributed by atoms with Crippen LogP contribution in [0.5, 0.6) is 0 Å². The van der Waals surface area contributed by atoms with Crippen LogP contribution in [0, 0.1) is 5.92 Å². The van der Waals surface area contributed by atoms with Crippen molar-refractivity contribution in [3.8, 4) is 0 Å². The van der Waals surface area contributed by atoms with E-state index < -0.39 is 0 Å². The molecule has 28 heavy (non-hydrogen) atoms. The summed E-state index contributed by atoms with van der Waals surface area (Å²) in [6, 6.07) is 12.0. The fourth-order valence-corrected chi connectivity index (χ4v) is 4.68. The Kier molecular flexibility index (Phi) is 6.16. The molecule has 5 nitrogen and oxygen atoms in total. The monoisotopic (exact) mass is 401 g/mol. The number of nitrogens with zero attached hydrogens (tertiary/aromatic N) is 2. The Hall–Kier alpha value is -1.66. The molecule has 2 aliphatic rings. The molecule has 4 rings (SSSR count). The van der Waals surface area contributed by atoms with E-state index in [4.69, 9.17) is 11.6 Å². The van der Waals surface area contributed by atoms with E-state index in [0.29, 0.717) is 24.8 Å². The molecule has 1 aromatic heterocycles. The highest BCUT2D eigenvalue weighted by Crippen LogP contribution is 2.31. The van der Waals surface area contributed by atoms with E-state index in [1.54, 1.807) is 0 Å². The first-order chi connectivity index (χ1) is 13.6. The second kappa shape index (κ2) is 8.78. The lowest BCUT2D eigenvalue weighted by Crippen LogP contribution is -2.45. The molecule has 3 heterocycles. The minimum Gasteiger partial charge on any atom is -0.396 e. The molecule has 0 spiro atoms. The van der Waals surface area contributed by atoms with Crippen molar-refractivity contribution in [1.82, 2.24) is 14.8 Å². The van der Waals surface area contributed by atoms with Crippen molar-refractivity contribution < 1.29 is 5.11 Å². The van der Waals surface area contributed by atoms with Gasteiger partial charge in [0, 0.05) is 61.5 Å². The van der Waals surface area contributed by atoms with E-state index >= 15 is 0 Å². The zero-order valence-corrected chi connectivity index (χ0v) is 16.9. The number of rotatable bonds is 7. The lowest BCUT2D eigenvalue weighted by atomic mass is 9.84. The summed E-state index contributed by atoms with van der Waals surface area (Å²) in [5.41, 5.74) is 3.32. The zero-order chi connectivity index (χ0) is 19.5. The maximum absolute atomic E-state index is 13.2. The molecule has 2 atom stereocenters. The molecule has 2 N–H and O–H groups in total. The maximum atomic E-state index is 13.2. The Morgan fingerprint density at radius 1 is 1.14 bits per heavy atom. The Bertz CT molecular complexity index is 865. The highest BCUT2D eigenvalue weighted by Gasteiger charge is 2.31. The normalized spacial score (nSPS) is 21.0. The van der Waals surface area contributed by atoms with E-state index in [2.05, 4.69) is 16.3 Å². The van der Waals surface area contributed by atoms with Crippen LogP contribution in [0.15, 0.2) is 41.2 Å². The van der Waals surface area contributed by atoms with Crippen LogP contribution in [0.25, 0.3) is 0 Å². The molecule has 0 aliphatic carbocycles. The molecular weight excluding hydrogens is 374 g/mol. The van der Waals surface area contributed by atoms with Gasteiger partial charge in [-0.2, -0.15) is 0 Å². The number of halogens is 1. The molecular formula is C22H28ClN3O2. The number of nitrogens with one attached hydrogen (secondary N) is 1. The van der Waals surface area contributed by atoms with Crippen molar-refractivity contribution in [2.45, 2.75) is 38.4 Å². The fourth-order valence-electron chi connectivity index (χ4n) is 4.55. The zero-order valence-electron chi connectivity index (χ0n) is 16.1. The average molecular weight is 402 g/mol. The number of fused-ring (bicyclic) bond motifs is 4. The van der Waals surface area contributed by atoms with Crippen LogP contribution in [0.4, 0.5) is 0 Å². The van der Waals surface area contributed by atoms with Crippen molar-refractivity contribution in [3.05, 3.63) is 68.6 Å². The molecule has 2 aliphatic heterocycles. The Morgan fingerprint density at radius 3 is 2.75 bits per heavy atom. The number of hydrogen-bond acceptors (Lipinski definition) is 4. The van der Waals surface area contributed by atoms with Gasteiger partial charge in [-0.15, -0.1) is 0 Å². The van der Waals surface area contributed by atoms with Gasteiger partial charge in [0.1, 0.15) is 0 Å². The molecule has 2 aromatic rings. The Labute approximate surface area is 170 Å². The smallest absolute Gasteiger partial charge is 0.255 e. The molecule has 1 fully saturated rings. The molecule has 2 bridgehead atoms. The summed E-state index contributed by atoms with van der Waals surface area (Å²) in [7, 11) is 0. The predicted octanol–water partition coefficient (Wildman–Crippen LogP) is 2.59. The maximum Gasteiger partial charge on any atom is 0.255 e. The first-order valence-corrected chi connectivity index (χ1v) is 10.5. The highest BCUT2D eigenvalue weighted by molar-refractivity contribution is 6.30. The average Bonchev–Trinajstić information content (AvgIpc) is 2.70. The largest absolute Gasteiger partial charge is 0.396 e. The van der Waals surface area contributed by atoms with Crippen LogP contribution in [-0.2, 0) is 19.6 Å². The van der Waals surface area contributed by atoms with E-state index in [1.165, 1.54) is 12.1 Å². The van der Waals surface area contributed by atoms with Gasteiger partial charge in [-0.1, -0.05) is 29.8 Å². The summed E-state index contributed by atoms with van der Waals surface area (Å²) < 4.78 is 2.02. The third-order valence-corrected chi connectivity index (χ3v) is 6.19. The quantitative estimate of drug-likeness (QED) is 0.748. The van der Waals surface area contributed by atoms with Gasteiger partial charge in [-0.05, 0) is 49.1 Å². The minimum atomic E-state index is 0.149. The van der Waals surface area contributed by atoms with Crippen LogP contribution in [0.1, 0.15) is 35.6 Å². The van der Waals surface area contributed by atoms with Crippen molar-refractivity contribution in [1.29, 1.82) is 0 Å². The molecule has 0 unspecified atom stereocenters. The van der Waals surface area contributed by atoms with Crippen molar-refractivity contribution >= 4 is 11.6 Å². The van der Waals surface area contributed by atoms with Crippen molar-refractivity contribution in [3.63, 3.8) is 0 Å². The summed E-state index contributed by atoms with van der Waals surface area (Å²) in [5, 5.41) is 13.5. The van der Waals surface area contributed by atoms with Crippen LogP contribution >= 0.6 is 11.6 Å². The lowest BCUT2D eigenvalue weighted by Gasteiger charge is -2.37. The van der Waals surface area contributed by atoms with Crippen LogP contribution in [-0.4, -0.2) is 40.8 Å². The second-order valence-corrected chi connectivity index (χ2v) is 8.51. The summed E-state index contributed by atoms with van der Waals surface area (Å²) in [6.45, 7) is 5.01. The van der Waals surface area contributed by atoms with Crippen molar-refractivity contribution in [2.75, 3.05) is 26.2 Å². The molecule has 6 heteroatoms. The Morgan fingerprint density at radius 2 is 1.96 bits per heavy atom. The standard InChI is InChI=1S/C22H28ClN3O2/c23-20-5-2-16(3-6-20)13-25(8-1-9-27)15-18-4-7-21-19-10-17(11-24-12-19)14-26(21)22(18)28/h2-7,17,19,24,27H,1,8-15H2/t17-,19+/m0/s1. The third kappa shape index (κ3) is 4.33. The van der Waals surface area contributed by atoms with E-state index in [-0.39, 0.29) is 12.2 Å². The van der Waals surface area contributed by atoms with Gasteiger partial charge < -0.3 is 15.0 Å². The molecule has 1 saturated heterocycles. The van der Waals surface area contributed by atoms with Crippen LogP contribution in [0.2, 0.25) is 5.02 Å². The SMILES string of the molecule is O=c1c(CN(CCCO)Cc2ccc(Cl)cc2)ccc2n1C[C@@H]1CNC[C@H]2C1. The number of hydrogen-bond donors (Lipinski definition) is 2. The second-order valence-electron chi connectivity index (χ2n) is 8.07. The Balaban J connectivity index is 1.55. The van der Waals surface area contributed by atoms with E-state index in [1.807, 2.05) is 34.9 Å². The molecule has 0 radical (unpaired) electrons. The highest BCUT2D eigenvalue weighted by atomic mass is 35.5. The van der Waals surface area contributed by atoms with Gasteiger partial charge in [-0.3, -0.25) is 9.69 Å². The van der Waals surface area contributed by atoms with E-state index in [9.17, 15) is 9.90 Å². The lowest BCUT2D eigenvalue weighted by molar-refractivity contribution is 0.210. The summed E-state index contributed by atoms with van der Waals surface area (Å²) in [4.78, 5) is 15.4. The molecule has 1 aromatic carbocycles. The van der Waals surface area contributed by atoms with Gasteiger partial charge in [-0.25, -0.2) is 0 Å². The predicted molar refractivity (Wildman–Crippen MR) is 112 cm³/mol.